The Bertz CT molecular complexity index is 964. The van der Waals surface area contributed by atoms with Gasteiger partial charge in [-0.05, 0) is 49.2 Å². The number of carbonyl (C=O) groups excluding carboxylic acids is 1. The zero-order chi connectivity index (χ0) is 20.9. The Morgan fingerprint density at radius 1 is 1.14 bits per heavy atom. The number of halogens is 2. The fourth-order valence-corrected chi connectivity index (χ4v) is 3.89. The second-order valence-corrected chi connectivity index (χ2v) is 9.08. The van der Waals surface area contributed by atoms with Crippen LogP contribution in [0.5, 0.6) is 5.75 Å². The summed E-state index contributed by atoms with van der Waals surface area (Å²) in [7, 11) is -3.72. The lowest BCUT2D eigenvalue weighted by atomic mass is 10.1. The van der Waals surface area contributed by atoms with Crippen LogP contribution in [0.2, 0.25) is 10.0 Å². The maximum absolute atomic E-state index is 12.2. The molecule has 9 heteroatoms. The van der Waals surface area contributed by atoms with E-state index < -0.39 is 22.5 Å². The number of nitrogens with zero attached hydrogens (tertiary/aromatic N) is 1. The van der Waals surface area contributed by atoms with Crippen molar-refractivity contribution in [2.75, 3.05) is 30.3 Å². The van der Waals surface area contributed by atoms with Crippen molar-refractivity contribution in [3.63, 3.8) is 0 Å². The van der Waals surface area contributed by atoms with Crippen LogP contribution in [0.3, 0.4) is 0 Å². The Morgan fingerprint density at radius 2 is 1.86 bits per heavy atom. The average molecular weight is 445 g/mol. The molecule has 6 nitrogen and oxygen atoms in total. The van der Waals surface area contributed by atoms with Crippen molar-refractivity contribution >= 4 is 44.8 Å². The second-order valence-electron chi connectivity index (χ2n) is 6.33. The fourth-order valence-electron chi connectivity index (χ4n) is 2.47. The fraction of sp³-hybridized carbons (Fsp3) is 0.316. The highest BCUT2D eigenvalue weighted by atomic mass is 35.5. The first kappa shape index (κ1) is 22.3. The van der Waals surface area contributed by atoms with E-state index in [1.807, 2.05) is 32.0 Å². The third kappa shape index (κ3) is 6.29. The average Bonchev–Trinajstić information content (AvgIpc) is 2.59. The predicted octanol–water partition coefficient (Wildman–Crippen LogP) is 3.57. The van der Waals surface area contributed by atoms with Gasteiger partial charge < -0.3 is 10.1 Å². The summed E-state index contributed by atoms with van der Waals surface area (Å²) in [5, 5.41) is 3.16. The van der Waals surface area contributed by atoms with Crippen molar-refractivity contribution in [1.82, 2.24) is 5.32 Å². The van der Waals surface area contributed by atoms with Gasteiger partial charge in [0.25, 0.3) is 0 Å². The number of aryl methyl sites for hydroxylation is 2. The summed E-state index contributed by atoms with van der Waals surface area (Å²) < 4.78 is 30.8. The van der Waals surface area contributed by atoms with Gasteiger partial charge in [0.2, 0.25) is 15.9 Å². The van der Waals surface area contributed by atoms with Crippen molar-refractivity contribution in [3.05, 3.63) is 57.6 Å². The topological polar surface area (TPSA) is 75.7 Å². The molecule has 0 unspecified atom stereocenters. The number of benzene rings is 2. The molecule has 2 rings (SSSR count). The molecule has 0 saturated heterocycles. The first-order valence-corrected chi connectivity index (χ1v) is 11.1. The number of hydrogen-bond acceptors (Lipinski definition) is 4. The van der Waals surface area contributed by atoms with E-state index in [9.17, 15) is 13.2 Å². The molecule has 0 fully saturated rings. The van der Waals surface area contributed by atoms with Gasteiger partial charge in [-0.2, -0.15) is 0 Å². The zero-order valence-electron chi connectivity index (χ0n) is 15.8. The maximum atomic E-state index is 12.2. The molecule has 0 atom stereocenters. The van der Waals surface area contributed by atoms with Crippen LogP contribution in [0.15, 0.2) is 36.4 Å². The molecule has 0 aromatic heterocycles. The predicted molar refractivity (Wildman–Crippen MR) is 113 cm³/mol. The van der Waals surface area contributed by atoms with Gasteiger partial charge in [0, 0.05) is 5.02 Å². The number of rotatable bonds is 8. The quantitative estimate of drug-likeness (QED) is 0.631. The van der Waals surface area contributed by atoms with Crippen LogP contribution in [0.4, 0.5) is 5.69 Å². The van der Waals surface area contributed by atoms with Crippen molar-refractivity contribution in [2.45, 2.75) is 13.8 Å². The molecule has 0 aliphatic rings. The molecule has 0 saturated carbocycles. The summed E-state index contributed by atoms with van der Waals surface area (Å²) in [6, 6.07) is 10.3. The van der Waals surface area contributed by atoms with Crippen LogP contribution in [0.25, 0.3) is 0 Å². The molecule has 152 valence electrons. The third-order valence-corrected chi connectivity index (χ3v) is 5.56. The summed E-state index contributed by atoms with van der Waals surface area (Å²) in [5.74, 6) is 0.279. The summed E-state index contributed by atoms with van der Waals surface area (Å²) in [6.45, 7) is 4.00. The molecule has 2 aromatic rings. The lowest BCUT2D eigenvalue weighted by Gasteiger charge is -2.23. The molecule has 0 bridgehead atoms. The largest absolute Gasteiger partial charge is 0.491 e. The lowest BCUT2D eigenvalue weighted by Crippen LogP contribution is -2.41. The number of nitrogens with one attached hydrogen (secondary N) is 1. The minimum absolute atomic E-state index is 0.143. The zero-order valence-corrected chi connectivity index (χ0v) is 18.2. The molecule has 0 aliphatic heterocycles. The summed E-state index contributed by atoms with van der Waals surface area (Å²) in [6.07, 6.45) is 1.01. The van der Waals surface area contributed by atoms with Gasteiger partial charge in [-0.15, -0.1) is 0 Å². The van der Waals surface area contributed by atoms with Gasteiger partial charge in [-0.1, -0.05) is 35.3 Å². The first-order chi connectivity index (χ1) is 13.1. The van der Waals surface area contributed by atoms with E-state index in [0.29, 0.717) is 5.02 Å². The smallest absolute Gasteiger partial charge is 0.240 e. The summed E-state index contributed by atoms with van der Waals surface area (Å²) >= 11 is 11.9. The lowest BCUT2D eigenvalue weighted by molar-refractivity contribution is -0.119. The minimum atomic E-state index is -3.72. The summed E-state index contributed by atoms with van der Waals surface area (Å²) in [4.78, 5) is 12.2. The van der Waals surface area contributed by atoms with Crippen LogP contribution in [-0.2, 0) is 14.8 Å². The van der Waals surface area contributed by atoms with Gasteiger partial charge >= 0.3 is 0 Å². The van der Waals surface area contributed by atoms with Gasteiger partial charge in [0.05, 0.1) is 23.5 Å². The number of amides is 1. The number of hydrogen-bond donors (Lipinski definition) is 1. The number of anilines is 1. The normalized spacial score (nSPS) is 11.2. The standard InChI is InChI=1S/C19H22Cl2N2O4S/c1-13-4-5-14(2)18(10-13)27-9-8-22-19(24)12-23(28(3,25)26)17-7-6-15(20)11-16(17)21/h4-7,10-11H,8-9,12H2,1-3H3,(H,22,24). The molecule has 0 radical (unpaired) electrons. The summed E-state index contributed by atoms with van der Waals surface area (Å²) in [5.41, 5.74) is 2.26. The third-order valence-electron chi connectivity index (χ3n) is 3.89. The Labute approximate surface area is 175 Å². The van der Waals surface area contributed by atoms with Gasteiger partial charge in [-0.25, -0.2) is 8.42 Å². The van der Waals surface area contributed by atoms with E-state index in [2.05, 4.69) is 5.32 Å². The van der Waals surface area contributed by atoms with Crippen LogP contribution < -0.4 is 14.4 Å². The molecule has 1 N–H and O–H groups in total. The van der Waals surface area contributed by atoms with Crippen LogP contribution in [0.1, 0.15) is 11.1 Å². The highest BCUT2D eigenvalue weighted by molar-refractivity contribution is 7.92. The Kier molecular flexibility index (Phi) is 7.57. The Morgan fingerprint density at radius 3 is 2.50 bits per heavy atom. The molecule has 28 heavy (non-hydrogen) atoms. The molecule has 2 aromatic carbocycles. The Hall–Kier alpha value is -1.96. The first-order valence-electron chi connectivity index (χ1n) is 8.47. The van der Waals surface area contributed by atoms with Gasteiger partial charge in [-0.3, -0.25) is 9.10 Å². The molecular weight excluding hydrogens is 423 g/mol. The SMILES string of the molecule is Cc1ccc(C)c(OCCNC(=O)CN(c2ccc(Cl)cc2Cl)S(C)(=O)=O)c1. The van der Waals surface area contributed by atoms with E-state index in [-0.39, 0.29) is 23.9 Å². The van der Waals surface area contributed by atoms with Crippen molar-refractivity contribution in [1.29, 1.82) is 0 Å². The van der Waals surface area contributed by atoms with Crippen molar-refractivity contribution < 1.29 is 17.9 Å². The van der Waals surface area contributed by atoms with Crippen molar-refractivity contribution in [3.8, 4) is 5.75 Å². The monoisotopic (exact) mass is 444 g/mol. The highest BCUT2D eigenvalue weighted by Crippen LogP contribution is 2.30. The Balaban J connectivity index is 1.96. The van der Waals surface area contributed by atoms with Crippen LogP contribution in [0, 0.1) is 13.8 Å². The second kappa shape index (κ2) is 9.49. The van der Waals surface area contributed by atoms with Crippen molar-refractivity contribution in [2.24, 2.45) is 0 Å². The molecule has 0 spiro atoms. The van der Waals surface area contributed by atoms with E-state index >= 15 is 0 Å². The molecule has 0 heterocycles. The van der Waals surface area contributed by atoms with E-state index in [1.165, 1.54) is 18.2 Å². The number of ether oxygens (including phenoxy) is 1. The van der Waals surface area contributed by atoms with Crippen LogP contribution >= 0.6 is 23.2 Å². The molecule has 1 amide bonds. The van der Waals surface area contributed by atoms with E-state index in [0.717, 1.165) is 27.4 Å². The van der Waals surface area contributed by atoms with Gasteiger partial charge in [0.1, 0.15) is 18.9 Å². The minimum Gasteiger partial charge on any atom is -0.491 e. The van der Waals surface area contributed by atoms with Crippen LogP contribution in [-0.4, -0.2) is 40.3 Å². The molecular formula is C19H22Cl2N2O4S. The van der Waals surface area contributed by atoms with E-state index in [1.54, 1.807) is 0 Å². The molecule has 0 aliphatic carbocycles. The highest BCUT2D eigenvalue weighted by Gasteiger charge is 2.23. The number of sulfonamides is 1. The van der Waals surface area contributed by atoms with Gasteiger partial charge in [0.15, 0.2) is 0 Å². The number of carbonyl (C=O) groups is 1. The maximum Gasteiger partial charge on any atom is 0.240 e. The van der Waals surface area contributed by atoms with E-state index in [4.69, 9.17) is 27.9 Å².